The number of rotatable bonds is 1. The van der Waals surface area contributed by atoms with Gasteiger partial charge in [0.2, 0.25) is 0 Å². The molecule has 1 fully saturated rings. The van der Waals surface area contributed by atoms with Gasteiger partial charge in [-0.1, -0.05) is 34.1 Å². The Balaban J connectivity index is 2.14. The monoisotopic (exact) mass is 223 g/mol. The van der Waals surface area contributed by atoms with Crippen LogP contribution in [0.2, 0.25) is 0 Å². The first-order valence-corrected chi connectivity index (χ1v) is 6.80. The topological polar surface area (TPSA) is 12.9 Å². The summed E-state index contributed by atoms with van der Waals surface area (Å²) in [4.78, 5) is 4.82. The third-order valence-electron chi connectivity index (χ3n) is 3.33. The van der Waals surface area contributed by atoms with Crippen molar-refractivity contribution in [2.24, 2.45) is 5.92 Å². The van der Waals surface area contributed by atoms with Crippen molar-refractivity contribution in [1.29, 1.82) is 0 Å². The second kappa shape index (κ2) is 3.89. The van der Waals surface area contributed by atoms with Crippen LogP contribution in [0.25, 0.3) is 0 Å². The molecule has 15 heavy (non-hydrogen) atoms. The van der Waals surface area contributed by atoms with Crippen molar-refractivity contribution >= 4 is 11.3 Å². The van der Waals surface area contributed by atoms with E-state index < -0.39 is 0 Å². The number of hydrogen-bond acceptors (Lipinski definition) is 2. The highest BCUT2D eigenvalue weighted by Crippen LogP contribution is 2.40. The van der Waals surface area contributed by atoms with Crippen LogP contribution in [0.15, 0.2) is 5.38 Å². The number of hydrogen-bond donors (Lipinski definition) is 0. The molecular formula is C13H21NS. The lowest BCUT2D eigenvalue weighted by Crippen LogP contribution is -2.11. The largest absolute Gasteiger partial charge is 0.245 e. The maximum atomic E-state index is 4.82. The number of nitrogens with zero attached hydrogens (tertiary/aromatic N) is 1. The van der Waals surface area contributed by atoms with Crippen LogP contribution in [-0.4, -0.2) is 4.98 Å². The average Bonchev–Trinajstić information content (AvgIpc) is 2.69. The lowest BCUT2D eigenvalue weighted by molar-refractivity contribution is 0.563. The maximum absolute atomic E-state index is 4.82. The minimum absolute atomic E-state index is 0.207. The van der Waals surface area contributed by atoms with Gasteiger partial charge in [-0.3, -0.25) is 0 Å². The summed E-state index contributed by atoms with van der Waals surface area (Å²) >= 11 is 1.86. The number of aromatic nitrogens is 1. The van der Waals surface area contributed by atoms with Gasteiger partial charge >= 0.3 is 0 Å². The van der Waals surface area contributed by atoms with Crippen LogP contribution in [-0.2, 0) is 5.41 Å². The summed E-state index contributed by atoms with van der Waals surface area (Å²) in [6, 6.07) is 0. The summed E-state index contributed by atoms with van der Waals surface area (Å²) in [5.74, 6) is 1.65. The summed E-state index contributed by atoms with van der Waals surface area (Å²) in [5.41, 5.74) is 1.47. The molecule has 2 atom stereocenters. The van der Waals surface area contributed by atoms with E-state index >= 15 is 0 Å². The summed E-state index contributed by atoms with van der Waals surface area (Å²) in [6.07, 6.45) is 4.07. The van der Waals surface area contributed by atoms with Gasteiger partial charge in [-0.2, -0.15) is 0 Å². The van der Waals surface area contributed by atoms with Crippen LogP contribution in [0.4, 0.5) is 0 Å². The normalized spacial score (nSPS) is 27.2. The highest BCUT2D eigenvalue weighted by Gasteiger charge is 2.26. The van der Waals surface area contributed by atoms with Crippen LogP contribution in [0, 0.1) is 5.92 Å². The molecule has 0 radical (unpaired) electrons. The molecule has 0 saturated heterocycles. The van der Waals surface area contributed by atoms with E-state index in [4.69, 9.17) is 4.98 Å². The van der Waals surface area contributed by atoms with E-state index in [1.807, 2.05) is 11.3 Å². The highest BCUT2D eigenvalue weighted by molar-refractivity contribution is 7.09. The predicted octanol–water partition coefficient (Wildman–Crippen LogP) is 4.34. The zero-order chi connectivity index (χ0) is 11.1. The van der Waals surface area contributed by atoms with Crippen LogP contribution in [0.5, 0.6) is 0 Å². The first kappa shape index (κ1) is 11.1. The zero-order valence-electron chi connectivity index (χ0n) is 10.2. The molecule has 84 valence electrons. The van der Waals surface area contributed by atoms with E-state index in [9.17, 15) is 0 Å². The first-order valence-electron chi connectivity index (χ1n) is 5.92. The van der Waals surface area contributed by atoms with Gasteiger partial charge in [-0.05, 0) is 18.8 Å². The van der Waals surface area contributed by atoms with Gasteiger partial charge < -0.3 is 0 Å². The van der Waals surface area contributed by atoms with Crippen LogP contribution >= 0.6 is 11.3 Å². The molecule has 1 aromatic rings. The van der Waals surface area contributed by atoms with E-state index in [0.717, 1.165) is 11.8 Å². The van der Waals surface area contributed by atoms with Crippen molar-refractivity contribution in [3.8, 4) is 0 Å². The van der Waals surface area contributed by atoms with Gasteiger partial charge in [0.05, 0.1) is 10.7 Å². The number of thiazole rings is 1. The van der Waals surface area contributed by atoms with E-state index in [0.29, 0.717) is 0 Å². The Kier molecular flexibility index (Phi) is 2.89. The summed E-state index contributed by atoms with van der Waals surface area (Å²) in [7, 11) is 0. The fraction of sp³-hybridized carbons (Fsp3) is 0.769. The first-order chi connectivity index (χ1) is 6.97. The third kappa shape index (κ3) is 2.41. The van der Waals surface area contributed by atoms with E-state index in [1.54, 1.807) is 0 Å². The van der Waals surface area contributed by atoms with E-state index in [-0.39, 0.29) is 5.41 Å². The molecule has 1 nitrogen and oxygen atoms in total. The molecule has 1 aliphatic carbocycles. The molecule has 0 spiro atoms. The molecule has 0 bridgehead atoms. The molecule has 2 rings (SSSR count). The molecule has 2 unspecified atom stereocenters. The maximum Gasteiger partial charge on any atom is 0.0959 e. The predicted molar refractivity (Wildman–Crippen MR) is 66.6 cm³/mol. The Bertz CT molecular complexity index is 335. The second-order valence-corrected chi connectivity index (χ2v) is 6.83. The molecule has 1 saturated carbocycles. The third-order valence-corrected chi connectivity index (χ3v) is 4.34. The Labute approximate surface area is 96.9 Å². The average molecular weight is 223 g/mol. The van der Waals surface area contributed by atoms with Crippen molar-refractivity contribution < 1.29 is 0 Å². The highest BCUT2D eigenvalue weighted by atomic mass is 32.1. The van der Waals surface area contributed by atoms with Gasteiger partial charge in [0.15, 0.2) is 0 Å². The van der Waals surface area contributed by atoms with Crippen molar-refractivity contribution in [3.05, 3.63) is 16.1 Å². The molecule has 0 amide bonds. The Morgan fingerprint density at radius 2 is 2.07 bits per heavy atom. The molecule has 0 N–H and O–H groups in total. The van der Waals surface area contributed by atoms with Crippen LogP contribution in [0.3, 0.4) is 0 Å². The van der Waals surface area contributed by atoms with Crippen LogP contribution < -0.4 is 0 Å². The van der Waals surface area contributed by atoms with Crippen molar-refractivity contribution in [3.63, 3.8) is 0 Å². The molecule has 1 aliphatic rings. The molecule has 1 heterocycles. The molecular weight excluding hydrogens is 202 g/mol. The van der Waals surface area contributed by atoms with Gasteiger partial charge in [0, 0.05) is 16.7 Å². The zero-order valence-corrected chi connectivity index (χ0v) is 11.0. The lowest BCUT2D eigenvalue weighted by atomic mass is 9.93. The Morgan fingerprint density at radius 3 is 2.53 bits per heavy atom. The summed E-state index contributed by atoms with van der Waals surface area (Å²) < 4.78 is 0. The summed E-state index contributed by atoms with van der Waals surface area (Å²) in [5, 5.41) is 3.63. The smallest absolute Gasteiger partial charge is 0.0959 e. The van der Waals surface area contributed by atoms with E-state index in [2.05, 4.69) is 33.1 Å². The van der Waals surface area contributed by atoms with Gasteiger partial charge in [0.25, 0.3) is 0 Å². The van der Waals surface area contributed by atoms with Gasteiger partial charge in [-0.25, -0.2) is 4.98 Å². The van der Waals surface area contributed by atoms with Gasteiger partial charge in [-0.15, -0.1) is 11.3 Å². The van der Waals surface area contributed by atoms with Crippen molar-refractivity contribution in [2.75, 3.05) is 0 Å². The van der Waals surface area contributed by atoms with Crippen LogP contribution in [0.1, 0.15) is 63.6 Å². The van der Waals surface area contributed by atoms with Crippen molar-refractivity contribution in [1.82, 2.24) is 4.98 Å². The fourth-order valence-electron chi connectivity index (χ4n) is 2.25. The minimum atomic E-state index is 0.207. The quantitative estimate of drug-likeness (QED) is 0.690. The Morgan fingerprint density at radius 1 is 1.33 bits per heavy atom. The van der Waals surface area contributed by atoms with Gasteiger partial charge in [0.1, 0.15) is 0 Å². The molecule has 0 aliphatic heterocycles. The fourth-order valence-corrected chi connectivity index (χ4v) is 3.45. The Hall–Kier alpha value is -0.370. The lowest BCUT2D eigenvalue weighted by Gasteiger charge is -2.14. The van der Waals surface area contributed by atoms with Crippen molar-refractivity contribution in [2.45, 2.75) is 58.3 Å². The minimum Gasteiger partial charge on any atom is -0.245 e. The standard InChI is InChI=1S/C13H21NS/c1-9-5-6-10(7-9)12-14-11(8-15-12)13(2,3)4/h8-10H,5-7H2,1-4H3. The van der Waals surface area contributed by atoms with E-state index in [1.165, 1.54) is 30.0 Å². The SMILES string of the molecule is CC1CCC(c2nc(C(C)(C)C)cs2)C1. The summed E-state index contributed by atoms with van der Waals surface area (Å²) in [6.45, 7) is 9.08. The molecule has 1 aromatic heterocycles. The molecule has 0 aromatic carbocycles. The second-order valence-electron chi connectivity index (χ2n) is 5.94. The molecule has 2 heteroatoms.